The SMILES string of the molecule is C=CC[C@H](C)[C@H]1C[C@H](O)C[C@@H](OC)O1. The number of hydrogen-bond acceptors (Lipinski definition) is 3. The molecule has 1 heterocycles. The number of ether oxygens (including phenoxy) is 2. The highest BCUT2D eigenvalue weighted by Gasteiger charge is 2.30. The van der Waals surface area contributed by atoms with Gasteiger partial charge in [0.1, 0.15) is 0 Å². The summed E-state index contributed by atoms with van der Waals surface area (Å²) in [5.74, 6) is 0.389. The third-order valence-electron chi connectivity index (χ3n) is 2.73. The van der Waals surface area contributed by atoms with Crippen LogP contribution in [0.4, 0.5) is 0 Å². The highest BCUT2D eigenvalue weighted by molar-refractivity contribution is 4.81. The average molecular weight is 200 g/mol. The van der Waals surface area contributed by atoms with E-state index in [4.69, 9.17) is 9.47 Å². The van der Waals surface area contributed by atoms with Gasteiger partial charge in [-0.3, -0.25) is 0 Å². The molecule has 0 aromatic rings. The summed E-state index contributed by atoms with van der Waals surface area (Å²) in [5, 5.41) is 9.61. The van der Waals surface area contributed by atoms with Crippen molar-refractivity contribution in [1.29, 1.82) is 0 Å². The van der Waals surface area contributed by atoms with E-state index in [9.17, 15) is 5.11 Å². The highest BCUT2D eigenvalue weighted by atomic mass is 16.7. The van der Waals surface area contributed by atoms with Gasteiger partial charge in [-0.05, 0) is 12.3 Å². The molecule has 1 saturated heterocycles. The molecule has 1 aliphatic heterocycles. The van der Waals surface area contributed by atoms with E-state index >= 15 is 0 Å². The first-order valence-electron chi connectivity index (χ1n) is 5.14. The van der Waals surface area contributed by atoms with Crippen molar-refractivity contribution >= 4 is 0 Å². The van der Waals surface area contributed by atoms with Crippen LogP contribution in [-0.4, -0.2) is 30.7 Å². The van der Waals surface area contributed by atoms with Crippen LogP contribution in [0.5, 0.6) is 0 Å². The first kappa shape index (κ1) is 11.7. The molecule has 0 aromatic carbocycles. The van der Waals surface area contributed by atoms with Crippen LogP contribution in [-0.2, 0) is 9.47 Å². The number of aliphatic hydroxyl groups is 1. The van der Waals surface area contributed by atoms with E-state index in [1.54, 1.807) is 7.11 Å². The molecule has 4 atom stereocenters. The maximum absolute atomic E-state index is 9.61. The van der Waals surface area contributed by atoms with Crippen molar-refractivity contribution in [2.24, 2.45) is 5.92 Å². The lowest BCUT2D eigenvalue weighted by molar-refractivity contribution is -0.213. The summed E-state index contributed by atoms with van der Waals surface area (Å²) in [7, 11) is 1.61. The fraction of sp³-hybridized carbons (Fsp3) is 0.818. The summed E-state index contributed by atoms with van der Waals surface area (Å²) >= 11 is 0. The zero-order chi connectivity index (χ0) is 10.6. The fourth-order valence-corrected chi connectivity index (χ4v) is 1.83. The molecule has 3 nitrogen and oxygen atoms in total. The normalized spacial score (nSPS) is 35.2. The van der Waals surface area contributed by atoms with Crippen molar-refractivity contribution in [3.63, 3.8) is 0 Å². The molecule has 0 bridgehead atoms. The molecule has 82 valence electrons. The largest absolute Gasteiger partial charge is 0.393 e. The first-order chi connectivity index (χ1) is 6.67. The van der Waals surface area contributed by atoms with Crippen molar-refractivity contribution in [2.75, 3.05) is 7.11 Å². The summed E-state index contributed by atoms with van der Waals surface area (Å²) in [6, 6.07) is 0. The van der Waals surface area contributed by atoms with Crippen LogP contribution < -0.4 is 0 Å². The molecule has 3 heteroatoms. The molecule has 14 heavy (non-hydrogen) atoms. The second kappa shape index (κ2) is 5.49. The van der Waals surface area contributed by atoms with Gasteiger partial charge in [0.2, 0.25) is 0 Å². The van der Waals surface area contributed by atoms with E-state index in [2.05, 4.69) is 13.5 Å². The Bertz CT molecular complexity index is 181. The second-order valence-corrected chi connectivity index (χ2v) is 3.97. The Labute approximate surface area is 85.7 Å². The summed E-state index contributed by atoms with van der Waals surface area (Å²) in [6.07, 6.45) is 3.61. The zero-order valence-electron chi connectivity index (χ0n) is 8.98. The van der Waals surface area contributed by atoms with Crippen LogP contribution in [0.2, 0.25) is 0 Å². The molecule has 0 radical (unpaired) electrons. The number of hydrogen-bond donors (Lipinski definition) is 1. The van der Waals surface area contributed by atoms with Crippen LogP contribution in [0.1, 0.15) is 26.2 Å². The van der Waals surface area contributed by atoms with E-state index in [-0.39, 0.29) is 18.5 Å². The lowest BCUT2D eigenvalue weighted by atomic mass is 9.93. The molecule has 0 amide bonds. The summed E-state index contributed by atoms with van der Waals surface area (Å²) < 4.78 is 10.8. The quantitative estimate of drug-likeness (QED) is 0.702. The minimum atomic E-state index is -0.300. The molecule has 1 aliphatic rings. The van der Waals surface area contributed by atoms with E-state index < -0.39 is 0 Å². The third-order valence-corrected chi connectivity index (χ3v) is 2.73. The Balaban J connectivity index is 2.47. The summed E-state index contributed by atoms with van der Waals surface area (Å²) in [5.41, 5.74) is 0. The summed E-state index contributed by atoms with van der Waals surface area (Å²) in [4.78, 5) is 0. The van der Waals surface area contributed by atoms with Gasteiger partial charge < -0.3 is 14.6 Å². The Morgan fingerprint density at radius 2 is 2.36 bits per heavy atom. The van der Waals surface area contributed by atoms with Crippen LogP contribution in [0, 0.1) is 5.92 Å². The highest BCUT2D eigenvalue weighted by Crippen LogP contribution is 2.26. The third kappa shape index (κ3) is 3.08. The Morgan fingerprint density at radius 1 is 1.64 bits per heavy atom. The Morgan fingerprint density at radius 3 is 2.93 bits per heavy atom. The molecule has 0 saturated carbocycles. The number of rotatable bonds is 4. The van der Waals surface area contributed by atoms with E-state index in [0.29, 0.717) is 18.8 Å². The predicted octanol–water partition coefficient (Wildman–Crippen LogP) is 1.71. The maximum Gasteiger partial charge on any atom is 0.160 e. The van der Waals surface area contributed by atoms with Crippen LogP contribution >= 0.6 is 0 Å². The average Bonchev–Trinajstić information content (AvgIpc) is 2.17. The maximum atomic E-state index is 9.61. The van der Waals surface area contributed by atoms with E-state index in [1.165, 1.54) is 0 Å². The fourth-order valence-electron chi connectivity index (χ4n) is 1.83. The van der Waals surface area contributed by atoms with Gasteiger partial charge in [0.25, 0.3) is 0 Å². The monoisotopic (exact) mass is 200 g/mol. The van der Waals surface area contributed by atoms with Gasteiger partial charge in [-0.25, -0.2) is 0 Å². The standard InChI is InChI=1S/C11H20O3/c1-4-5-8(2)10-6-9(12)7-11(13-3)14-10/h4,8-12H,1,5-7H2,2-3H3/t8-,9-,10+,11-/m0/s1. The molecule has 1 rings (SSSR count). The van der Waals surface area contributed by atoms with Crippen molar-refractivity contribution in [3.05, 3.63) is 12.7 Å². The van der Waals surface area contributed by atoms with E-state index in [1.807, 2.05) is 6.08 Å². The van der Waals surface area contributed by atoms with Crippen LogP contribution in [0.25, 0.3) is 0 Å². The van der Waals surface area contributed by atoms with Crippen molar-refractivity contribution < 1.29 is 14.6 Å². The molecular formula is C11H20O3. The Kier molecular flexibility index (Phi) is 4.58. The van der Waals surface area contributed by atoms with Crippen molar-refractivity contribution in [2.45, 2.75) is 44.7 Å². The number of aliphatic hydroxyl groups excluding tert-OH is 1. The second-order valence-electron chi connectivity index (χ2n) is 3.97. The van der Waals surface area contributed by atoms with Crippen LogP contribution in [0.15, 0.2) is 12.7 Å². The summed E-state index contributed by atoms with van der Waals surface area (Å²) in [6.45, 7) is 5.81. The number of allylic oxidation sites excluding steroid dienone is 1. The topological polar surface area (TPSA) is 38.7 Å². The zero-order valence-corrected chi connectivity index (χ0v) is 8.98. The van der Waals surface area contributed by atoms with Gasteiger partial charge >= 0.3 is 0 Å². The molecule has 0 aromatic heterocycles. The van der Waals surface area contributed by atoms with Gasteiger partial charge in [-0.2, -0.15) is 0 Å². The van der Waals surface area contributed by atoms with Gasteiger partial charge in [0, 0.05) is 20.0 Å². The van der Waals surface area contributed by atoms with E-state index in [0.717, 1.165) is 6.42 Å². The smallest absolute Gasteiger partial charge is 0.160 e. The lowest BCUT2D eigenvalue weighted by Crippen LogP contribution is -2.39. The van der Waals surface area contributed by atoms with Gasteiger partial charge in [0.15, 0.2) is 6.29 Å². The first-order valence-corrected chi connectivity index (χ1v) is 5.14. The molecule has 0 spiro atoms. The predicted molar refractivity (Wildman–Crippen MR) is 54.9 cm³/mol. The molecule has 0 unspecified atom stereocenters. The van der Waals surface area contributed by atoms with Gasteiger partial charge in [0.05, 0.1) is 12.2 Å². The van der Waals surface area contributed by atoms with Crippen molar-refractivity contribution in [1.82, 2.24) is 0 Å². The van der Waals surface area contributed by atoms with Crippen molar-refractivity contribution in [3.8, 4) is 0 Å². The lowest BCUT2D eigenvalue weighted by Gasteiger charge is -2.35. The number of methoxy groups -OCH3 is 1. The molecular weight excluding hydrogens is 180 g/mol. The molecule has 1 N–H and O–H groups in total. The van der Waals surface area contributed by atoms with Gasteiger partial charge in [-0.1, -0.05) is 13.0 Å². The Hall–Kier alpha value is -0.380. The molecule has 0 aliphatic carbocycles. The minimum Gasteiger partial charge on any atom is -0.393 e. The van der Waals surface area contributed by atoms with Gasteiger partial charge in [-0.15, -0.1) is 6.58 Å². The minimum absolute atomic E-state index is 0.0849. The molecule has 1 fully saturated rings. The van der Waals surface area contributed by atoms with Crippen LogP contribution in [0.3, 0.4) is 0 Å².